The van der Waals surface area contributed by atoms with Crippen molar-refractivity contribution in [3.8, 4) is 0 Å². The lowest BCUT2D eigenvalue weighted by Crippen LogP contribution is -2.43. The number of rotatable bonds is 6. The first-order valence-corrected chi connectivity index (χ1v) is 10.4. The smallest absolute Gasteiger partial charge is 0.322 e. The second kappa shape index (κ2) is 9.98. The number of carbonyl (C=O) groups is 2. The lowest BCUT2D eigenvalue weighted by molar-refractivity contribution is -0.116. The van der Waals surface area contributed by atoms with Crippen molar-refractivity contribution in [2.45, 2.75) is 39.0 Å². The van der Waals surface area contributed by atoms with Crippen molar-refractivity contribution < 1.29 is 14.1 Å². The second-order valence-corrected chi connectivity index (χ2v) is 8.10. The third-order valence-corrected chi connectivity index (χ3v) is 5.55. The molecule has 1 aromatic carbocycles. The van der Waals surface area contributed by atoms with Gasteiger partial charge in [-0.3, -0.25) is 4.79 Å². The van der Waals surface area contributed by atoms with Crippen molar-refractivity contribution >= 4 is 46.6 Å². The predicted octanol–water partition coefficient (Wildman–Crippen LogP) is 5.34. The monoisotopic (exact) mass is 438 g/mol. The number of benzene rings is 1. The molecule has 1 fully saturated rings. The fraction of sp³-hybridized carbons (Fsp3) is 0.450. The molecule has 29 heavy (non-hydrogen) atoms. The molecule has 2 aromatic rings. The lowest BCUT2D eigenvalue weighted by Gasteiger charge is -2.29. The summed E-state index contributed by atoms with van der Waals surface area (Å²) in [5, 5.41) is 9.84. The van der Waals surface area contributed by atoms with Gasteiger partial charge in [0.05, 0.1) is 15.7 Å². The van der Waals surface area contributed by atoms with E-state index < -0.39 is 6.03 Å². The van der Waals surface area contributed by atoms with Gasteiger partial charge in [0.15, 0.2) is 5.82 Å². The Bertz CT molecular complexity index is 845. The van der Waals surface area contributed by atoms with Gasteiger partial charge in [0, 0.05) is 12.6 Å². The number of para-hydroxylation sites is 1. The maximum Gasteiger partial charge on any atom is 0.322 e. The Morgan fingerprint density at radius 2 is 1.86 bits per heavy atom. The number of aryl methyl sites for hydroxylation is 1. The van der Waals surface area contributed by atoms with E-state index in [0.717, 1.165) is 25.7 Å². The van der Waals surface area contributed by atoms with Crippen LogP contribution in [0, 0.1) is 12.8 Å². The first-order chi connectivity index (χ1) is 13.9. The molecule has 0 saturated heterocycles. The summed E-state index contributed by atoms with van der Waals surface area (Å²) < 4.78 is 4.96. The number of nitrogens with zero attached hydrogens (tertiary/aromatic N) is 2. The Labute approximate surface area is 179 Å². The number of hydrogen-bond donors (Lipinski definition) is 2. The van der Waals surface area contributed by atoms with Crippen molar-refractivity contribution in [1.82, 2.24) is 10.1 Å². The summed E-state index contributed by atoms with van der Waals surface area (Å²) in [5.41, 5.74) is 0.335. The summed E-state index contributed by atoms with van der Waals surface area (Å²) in [4.78, 5) is 27.0. The number of anilines is 2. The van der Waals surface area contributed by atoms with Crippen LogP contribution in [0.2, 0.25) is 10.0 Å². The molecule has 7 nitrogen and oxygen atoms in total. The molecule has 0 aliphatic heterocycles. The molecule has 0 spiro atoms. The molecule has 156 valence electrons. The molecule has 1 aliphatic rings. The van der Waals surface area contributed by atoms with E-state index in [1.807, 2.05) is 0 Å². The average molecular weight is 439 g/mol. The molecular formula is C20H24Cl2N4O3. The van der Waals surface area contributed by atoms with E-state index in [0.29, 0.717) is 39.8 Å². The van der Waals surface area contributed by atoms with E-state index in [1.54, 1.807) is 31.2 Å². The number of carbonyl (C=O) groups excluding carboxylic acids is 2. The van der Waals surface area contributed by atoms with Gasteiger partial charge in [-0.25, -0.2) is 4.79 Å². The summed E-state index contributed by atoms with van der Waals surface area (Å²) in [6.07, 6.45) is 5.58. The molecule has 1 aliphatic carbocycles. The minimum absolute atomic E-state index is 0.115. The van der Waals surface area contributed by atoms with Gasteiger partial charge in [0.2, 0.25) is 5.91 Å². The fourth-order valence-corrected chi connectivity index (χ4v) is 3.98. The van der Waals surface area contributed by atoms with Crippen molar-refractivity contribution in [1.29, 1.82) is 0 Å². The van der Waals surface area contributed by atoms with Crippen LogP contribution in [0.25, 0.3) is 0 Å². The highest BCUT2D eigenvalue weighted by molar-refractivity contribution is 6.39. The van der Waals surface area contributed by atoms with Crippen LogP contribution in [0.4, 0.5) is 16.3 Å². The number of nitrogens with one attached hydrogen (secondary N) is 2. The number of hydrogen-bond acceptors (Lipinski definition) is 4. The zero-order chi connectivity index (χ0) is 20.8. The molecule has 1 saturated carbocycles. The highest BCUT2D eigenvalue weighted by Crippen LogP contribution is 2.30. The molecule has 1 heterocycles. The van der Waals surface area contributed by atoms with Gasteiger partial charge in [-0.2, -0.15) is 0 Å². The summed E-state index contributed by atoms with van der Waals surface area (Å²) in [5.74, 6) is 0.915. The molecule has 0 unspecified atom stereocenters. The maximum atomic E-state index is 13.0. The molecule has 1 aromatic heterocycles. The highest BCUT2D eigenvalue weighted by atomic mass is 35.5. The lowest BCUT2D eigenvalue weighted by atomic mass is 9.89. The van der Waals surface area contributed by atoms with E-state index >= 15 is 0 Å². The number of halogens is 2. The Hall–Kier alpha value is -2.25. The van der Waals surface area contributed by atoms with Crippen LogP contribution in [0.15, 0.2) is 28.8 Å². The zero-order valence-corrected chi connectivity index (χ0v) is 17.7. The van der Waals surface area contributed by atoms with Crippen molar-refractivity contribution in [3.63, 3.8) is 0 Å². The molecule has 3 amide bonds. The van der Waals surface area contributed by atoms with Crippen LogP contribution >= 0.6 is 23.2 Å². The minimum Gasteiger partial charge on any atom is -0.360 e. The van der Waals surface area contributed by atoms with Crippen LogP contribution in [0.5, 0.6) is 0 Å². The molecular weight excluding hydrogens is 415 g/mol. The van der Waals surface area contributed by atoms with Crippen molar-refractivity contribution in [2.24, 2.45) is 5.92 Å². The van der Waals surface area contributed by atoms with E-state index in [1.165, 1.54) is 11.3 Å². The molecule has 0 atom stereocenters. The third-order valence-electron chi connectivity index (χ3n) is 4.92. The summed E-state index contributed by atoms with van der Waals surface area (Å²) in [6, 6.07) is 6.19. The van der Waals surface area contributed by atoms with Gasteiger partial charge in [-0.15, -0.1) is 0 Å². The second-order valence-electron chi connectivity index (χ2n) is 7.28. The van der Waals surface area contributed by atoms with E-state index in [2.05, 4.69) is 15.8 Å². The van der Waals surface area contributed by atoms with Crippen LogP contribution in [0.3, 0.4) is 0 Å². The maximum absolute atomic E-state index is 13.0. The normalized spacial score (nSPS) is 14.4. The van der Waals surface area contributed by atoms with Crippen LogP contribution < -0.4 is 10.6 Å². The van der Waals surface area contributed by atoms with Gasteiger partial charge in [0.1, 0.15) is 12.3 Å². The van der Waals surface area contributed by atoms with E-state index in [-0.39, 0.29) is 12.5 Å². The molecule has 0 radical (unpaired) electrons. The van der Waals surface area contributed by atoms with Gasteiger partial charge in [-0.1, -0.05) is 53.7 Å². The largest absolute Gasteiger partial charge is 0.360 e. The standard InChI is InChI=1S/C20H24Cl2N4O3/c1-13-10-17(25-29-13)23-18(27)12-26(11-14-6-3-2-4-7-14)20(28)24-19-15(21)8-5-9-16(19)22/h5,8-10,14H,2-4,6-7,11-12H2,1H3,(H,24,28)(H,23,25,27). The van der Waals surface area contributed by atoms with E-state index in [9.17, 15) is 9.59 Å². The van der Waals surface area contributed by atoms with Crippen LogP contribution in [-0.2, 0) is 4.79 Å². The molecule has 9 heteroatoms. The number of aromatic nitrogens is 1. The van der Waals surface area contributed by atoms with Gasteiger partial charge < -0.3 is 20.1 Å². The SMILES string of the molecule is Cc1cc(NC(=O)CN(CC2CCCCC2)C(=O)Nc2c(Cl)cccc2Cl)no1. The Morgan fingerprint density at radius 3 is 2.48 bits per heavy atom. The van der Waals surface area contributed by atoms with Gasteiger partial charge in [0.25, 0.3) is 0 Å². The summed E-state index contributed by atoms with van der Waals surface area (Å²) in [7, 11) is 0. The quantitative estimate of drug-likeness (QED) is 0.636. The van der Waals surface area contributed by atoms with Crippen molar-refractivity contribution in [3.05, 3.63) is 40.1 Å². The topological polar surface area (TPSA) is 87.5 Å². The number of urea groups is 1. The molecule has 3 rings (SSSR count). The van der Waals surface area contributed by atoms with Gasteiger partial charge >= 0.3 is 6.03 Å². The first-order valence-electron chi connectivity index (χ1n) is 9.65. The average Bonchev–Trinajstić information content (AvgIpc) is 3.09. The van der Waals surface area contributed by atoms with Crippen LogP contribution in [-0.4, -0.2) is 35.1 Å². The Morgan fingerprint density at radius 1 is 1.17 bits per heavy atom. The van der Waals surface area contributed by atoms with Crippen LogP contribution in [0.1, 0.15) is 37.9 Å². The summed E-state index contributed by atoms with van der Waals surface area (Å²) in [6.45, 7) is 2.11. The van der Waals surface area contributed by atoms with Crippen molar-refractivity contribution in [2.75, 3.05) is 23.7 Å². The van der Waals surface area contributed by atoms with E-state index in [4.69, 9.17) is 27.7 Å². The highest BCUT2D eigenvalue weighted by Gasteiger charge is 2.24. The Balaban J connectivity index is 1.70. The zero-order valence-electron chi connectivity index (χ0n) is 16.2. The Kier molecular flexibility index (Phi) is 7.39. The molecule has 2 N–H and O–H groups in total. The van der Waals surface area contributed by atoms with Gasteiger partial charge in [-0.05, 0) is 37.8 Å². The summed E-state index contributed by atoms with van der Waals surface area (Å²) >= 11 is 12.3. The minimum atomic E-state index is -0.419. The first kappa shape index (κ1) is 21.5. The predicted molar refractivity (Wildman–Crippen MR) is 113 cm³/mol. The molecule has 0 bridgehead atoms. The number of amides is 3. The third kappa shape index (κ3) is 6.11. The fourth-order valence-electron chi connectivity index (χ4n) is 3.48.